The van der Waals surface area contributed by atoms with E-state index in [9.17, 15) is 4.39 Å². The van der Waals surface area contributed by atoms with Crippen LogP contribution in [0.3, 0.4) is 0 Å². The molecule has 156 valence electrons. The van der Waals surface area contributed by atoms with Gasteiger partial charge in [-0.3, -0.25) is 0 Å². The topological polar surface area (TPSA) is 0 Å². The van der Waals surface area contributed by atoms with Gasteiger partial charge in [0.25, 0.3) is 0 Å². The van der Waals surface area contributed by atoms with Gasteiger partial charge in [0.1, 0.15) is 0 Å². The number of benzene rings is 1. The molecule has 0 saturated heterocycles. The van der Waals surface area contributed by atoms with Crippen LogP contribution in [0.2, 0.25) is 0 Å². The summed E-state index contributed by atoms with van der Waals surface area (Å²) in [6, 6.07) is 8.74. The molecule has 0 amide bonds. The molecule has 0 aliphatic carbocycles. The van der Waals surface area contributed by atoms with Crippen molar-refractivity contribution in [3.8, 4) is 11.8 Å². The van der Waals surface area contributed by atoms with Crippen molar-refractivity contribution in [2.75, 3.05) is 0 Å². The first kappa shape index (κ1) is 32.8. The van der Waals surface area contributed by atoms with E-state index in [-0.39, 0.29) is 11.2 Å². The Morgan fingerprint density at radius 1 is 0.815 bits per heavy atom. The van der Waals surface area contributed by atoms with E-state index in [1.165, 1.54) is 24.1 Å². The maximum Gasteiger partial charge on any atom is 0.0968 e. The van der Waals surface area contributed by atoms with Gasteiger partial charge in [-0.15, -0.1) is 11.8 Å². The second-order valence-electron chi connectivity index (χ2n) is 6.61. The lowest BCUT2D eigenvalue weighted by molar-refractivity contribution is 0.590. The van der Waals surface area contributed by atoms with Crippen molar-refractivity contribution in [3.05, 3.63) is 58.9 Å². The Kier molecular flexibility index (Phi) is 27.0. The standard InChI is InChI=1S/C11H16.C7H11F.C4H6.2C2H6/c1-9-5-7-10(8-6-9)11(2,3)4;1-6(2)4-5-7(3)8;1-3-4-2;2*1-2/h5-8H,1-4H3;4-5H,1-3H3;1-2H3;2*1-2H3/b;7-5+;;;. The molecule has 1 aromatic carbocycles. The van der Waals surface area contributed by atoms with Crippen LogP contribution in [0.5, 0.6) is 0 Å². The summed E-state index contributed by atoms with van der Waals surface area (Å²) in [4.78, 5) is 0. The fourth-order valence-corrected chi connectivity index (χ4v) is 1.34. The van der Waals surface area contributed by atoms with Gasteiger partial charge in [0.2, 0.25) is 0 Å². The van der Waals surface area contributed by atoms with Crippen LogP contribution >= 0.6 is 0 Å². The van der Waals surface area contributed by atoms with Crippen LogP contribution in [-0.4, -0.2) is 0 Å². The molecule has 0 saturated carbocycles. The van der Waals surface area contributed by atoms with Crippen LogP contribution in [0.15, 0.2) is 47.8 Å². The molecule has 0 fully saturated rings. The summed E-state index contributed by atoms with van der Waals surface area (Å²) in [6.45, 7) is 25.7. The summed E-state index contributed by atoms with van der Waals surface area (Å²) in [5.41, 5.74) is 4.14. The van der Waals surface area contributed by atoms with E-state index in [4.69, 9.17) is 0 Å². The summed E-state index contributed by atoms with van der Waals surface area (Å²) in [7, 11) is 0. The molecule has 1 heteroatoms. The highest BCUT2D eigenvalue weighted by atomic mass is 19.1. The number of halogens is 1. The van der Waals surface area contributed by atoms with Crippen LogP contribution < -0.4 is 0 Å². The first-order valence-electron chi connectivity index (χ1n) is 9.92. The number of aryl methyl sites for hydroxylation is 1. The molecule has 0 atom stereocenters. The Balaban J connectivity index is -0.000000146. The molecule has 0 bridgehead atoms. The summed E-state index contributed by atoms with van der Waals surface area (Å²) < 4.78 is 11.9. The van der Waals surface area contributed by atoms with E-state index in [0.29, 0.717) is 0 Å². The van der Waals surface area contributed by atoms with Crippen LogP contribution in [0, 0.1) is 18.8 Å². The predicted octanol–water partition coefficient (Wildman–Crippen LogP) is 9.20. The number of hydrogen-bond donors (Lipinski definition) is 0. The molecular weight excluding hydrogens is 331 g/mol. The highest BCUT2D eigenvalue weighted by Gasteiger charge is 2.11. The fraction of sp³-hybridized carbons (Fsp3) is 0.538. The van der Waals surface area contributed by atoms with E-state index in [0.717, 1.165) is 5.57 Å². The molecule has 0 N–H and O–H groups in total. The second-order valence-corrected chi connectivity index (χ2v) is 6.61. The van der Waals surface area contributed by atoms with Gasteiger partial charge in [0.05, 0.1) is 5.83 Å². The molecule has 0 radical (unpaired) electrons. The smallest absolute Gasteiger partial charge is 0.0968 e. The fourth-order valence-electron chi connectivity index (χ4n) is 1.34. The zero-order chi connectivity index (χ0) is 22.5. The maximum absolute atomic E-state index is 11.9. The van der Waals surface area contributed by atoms with Gasteiger partial charge in [-0.1, -0.05) is 89.9 Å². The van der Waals surface area contributed by atoms with E-state index in [2.05, 4.69) is 63.8 Å². The second kappa shape index (κ2) is 22.2. The number of rotatable bonds is 1. The largest absolute Gasteiger partial charge is 0.212 e. The summed E-state index contributed by atoms with van der Waals surface area (Å²) in [5.74, 6) is 5.21. The SMILES string of the molecule is CC.CC.CC#CC.CC(C)=C/C=C(\C)F.Cc1ccc(C(C)(C)C)cc1. The van der Waals surface area contributed by atoms with Crippen LogP contribution in [0.4, 0.5) is 4.39 Å². The van der Waals surface area contributed by atoms with Crippen LogP contribution in [0.1, 0.15) is 94.2 Å². The summed E-state index contributed by atoms with van der Waals surface area (Å²) >= 11 is 0. The monoisotopic (exact) mass is 376 g/mol. The lowest BCUT2D eigenvalue weighted by atomic mass is 9.87. The van der Waals surface area contributed by atoms with Gasteiger partial charge >= 0.3 is 0 Å². The highest BCUT2D eigenvalue weighted by Crippen LogP contribution is 2.21. The van der Waals surface area contributed by atoms with Crippen molar-refractivity contribution in [2.45, 2.75) is 95.4 Å². The van der Waals surface area contributed by atoms with Crippen molar-refractivity contribution in [1.29, 1.82) is 0 Å². The van der Waals surface area contributed by atoms with Crippen molar-refractivity contribution < 1.29 is 4.39 Å². The molecule has 27 heavy (non-hydrogen) atoms. The molecule has 0 unspecified atom stereocenters. The Bertz CT molecular complexity index is 511. The number of allylic oxidation sites excluding steroid dienone is 4. The molecule has 0 nitrogen and oxygen atoms in total. The van der Waals surface area contributed by atoms with Crippen molar-refractivity contribution >= 4 is 0 Å². The lowest BCUT2D eigenvalue weighted by Crippen LogP contribution is -2.10. The average Bonchev–Trinajstić information content (AvgIpc) is 2.63. The van der Waals surface area contributed by atoms with Crippen LogP contribution in [-0.2, 0) is 5.41 Å². The van der Waals surface area contributed by atoms with Crippen LogP contribution in [0.25, 0.3) is 0 Å². The molecule has 0 aliphatic rings. The third kappa shape index (κ3) is 29.2. The van der Waals surface area contributed by atoms with Gasteiger partial charge in [-0.2, -0.15) is 0 Å². The minimum Gasteiger partial charge on any atom is -0.212 e. The predicted molar refractivity (Wildman–Crippen MR) is 126 cm³/mol. The van der Waals surface area contributed by atoms with E-state index in [1.807, 2.05) is 55.4 Å². The molecule has 0 heterocycles. The van der Waals surface area contributed by atoms with Gasteiger partial charge in [0.15, 0.2) is 0 Å². The zero-order valence-corrected chi connectivity index (χ0v) is 20.3. The Labute approximate surface area is 171 Å². The van der Waals surface area contributed by atoms with Gasteiger partial charge in [-0.05, 0) is 58.6 Å². The quantitative estimate of drug-likeness (QED) is 0.338. The Hall–Kier alpha value is -1.81. The van der Waals surface area contributed by atoms with Gasteiger partial charge in [0, 0.05) is 0 Å². The average molecular weight is 377 g/mol. The first-order chi connectivity index (χ1) is 12.5. The van der Waals surface area contributed by atoms with E-state index < -0.39 is 0 Å². The minimum atomic E-state index is -0.147. The van der Waals surface area contributed by atoms with E-state index in [1.54, 1.807) is 6.08 Å². The molecule has 0 aromatic heterocycles. The summed E-state index contributed by atoms with van der Waals surface area (Å²) in [6.07, 6.45) is 3.20. The van der Waals surface area contributed by atoms with Crippen molar-refractivity contribution in [3.63, 3.8) is 0 Å². The van der Waals surface area contributed by atoms with Crippen molar-refractivity contribution in [2.24, 2.45) is 0 Å². The first-order valence-corrected chi connectivity index (χ1v) is 9.92. The maximum atomic E-state index is 11.9. The van der Waals surface area contributed by atoms with E-state index >= 15 is 0 Å². The highest BCUT2D eigenvalue weighted by molar-refractivity contribution is 5.26. The molecule has 1 aromatic rings. The third-order valence-corrected chi connectivity index (χ3v) is 2.81. The molecule has 0 aliphatic heterocycles. The molecular formula is C26H45F. The Morgan fingerprint density at radius 3 is 1.37 bits per heavy atom. The lowest BCUT2D eigenvalue weighted by Gasteiger charge is -2.18. The summed E-state index contributed by atoms with van der Waals surface area (Å²) in [5, 5.41) is 0. The number of hydrogen-bond acceptors (Lipinski definition) is 0. The van der Waals surface area contributed by atoms with Gasteiger partial charge < -0.3 is 0 Å². The van der Waals surface area contributed by atoms with Crippen molar-refractivity contribution in [1.82, 2.24) is 0 Å². The third-order valence-electron chi connectivity index (χ3n) is 2.81. The molecule has 0 spiro atoms. The van der Waals surface area contributed by atoms with Gasteiger partial charge in [-0.25, -0.2) is 4.39 Å². The Morgan fingerprint density at radius 2 is 1.19 bits per heavy atom. The normalized spacial score (nSPS) is 9.04. The molecule has 1 rings (SSSR count). The minimum absolute atomic E-state index is 0.147. The zero-order valence-electron chi connectivity index (χ0n) is 20.3.